The molecule has 3 aromatic rings. The molecule has 2 aromatic heterocycles. The van der Waals surface area contributed by atoms with Crippen LogP contribution in [0.1, 0.15) is 28.9 Å². The minimum atomic E-state index is -4.67. The number of hydrogen-bond donors (Lipinski definition) is 1. The summed E-state index contributed by atoms with van der Waals surface area (Å²) in [7, 11) is 1.68. The average molecular weight is 573 g/mol. The Balaban J connectivity index is 1.60. The molecule has 1 fully saturated rings. The number of carbonyl (C=O) groups excluding carboxylic acids is 1. The van der Waals surface area contributed by atoms with Crippen molar-refractivity contribution in [1.82, 2.24) is 19.1 Å². The van der Waals surface area contributed by atoms with Crippen LogP contribution in [-0.4, -0.2) is 48.2 Å². The van der Waals surface area contributed by atoms with Crippen LogP contribution in [0.5, 0.6) is 0 Å². The van der Waals surface area contributed by atoms with Crippen LogP contribution >= 0.6 is 0 Å². The van der Waals surface area contributed by atoms with Gasteiger partial charge in [0.2, 0.25) is 4.90 Å². The molecule has 2 atom stereocenters. The summed E-state index contributed by atoms with van der Waals surface area (Å²) in [5.74, 6) is -1.06. The number of nitrogens with zero attached hydrogens (tertiary/aromatic N) is 5. The molecule has 40 heavy (non-hydrogen) atoms. The first-order valence-corrected chi connectivity index (χ1v) is 13.3. The standard InChI is InChI=1S/C27H24F4N6O2S/c1-36-15-22(14-34-36)40(39)37-9-7-18-10-23(35-21-4-2-20(28)3-5-21)17(13-32)12-26(18,16-37)25(38)24-11-19(6-8-33-24)27(29,30)31/h2-6,8,10-11,13-15H,7,9,12,16,32H2,1H3. The van der Waals surface area contributed by atoms with E-state index >= 15 is 0 Å². The maximum Gasteiger partial charge on any atom is 0.416 e. The fourth-order valence-electron chi connectivity index (χ4n) is 4.98. The highest BCUT2D eigenvalue weighted by atomic mass is 32.2. The number of pyridine rings is 1. The van der Waals surface area contributed by atoms with E-state index in [1.807, 2.05) is 0 Å². The number of aromatic nitrogens is 3. The number of nitrogens with two attached hydrogens (primary N) is 1. The lowest BCUT2D eigenvalue weighted by atomic mass is 9.64. The molecule has 0 amide bonds. The second-order valence-corrected chi connectivity index (χ2v) is 11.0. The first-order chi connectivity index (χ1) is 19.0. The molecule has 8 nitrogen and oxygen atoms in total. The molecule has 1 aliphatic heterocycles. The van der Waals surface area contributed by atoms with Gasteiger partial charge < -0.3 is 10.3 Å². The SMILES string of the molecule is Cn1cc([S+]([O-])N2CCC3=CC(=Nc4ccc(F)cc4)C(=CN)CC3(C(=O)c3cc(C(F)(F)F)ccn3)C2)cn1. The maximum absolute atomic E-state index is 14.1. The first kappa shape index (κ1) is 27.7. The van der Waals surface area contributed by atoms with Crippen LogP contribution in [0.4, 0.5) is 23.2 Å². The number of ketones is 1. The molecule has 1 aromatic carbocycles. The van der Waals surface area contributed by atoms with E-state index in [4.69, 9.17) is 5.73 Å². The van der Waals surface area contributed by atoms with Crippen LogP contribution in [0.2, 0.25) is 0 Å². The lowest BCUT2D eigenvalue weighted by Crippen LogP contribution is -2.53. The van der Waals surface area contributed by atoms with Gasteiger partial charge in [0, 0.05) is 19.8 Å². The molecule has 3 heterocycles. The van der Waals surface area contributed by atoms with Gasteiger partial charge in [-0.25, -0.2) is 9.38 Å². The number of alkyl halides is 3. The molecule has 0 spiro atoms. The lowest BCUT2D eigenvalue weighted by molar-refractivity contribution is -0.137. The summed E-state index contributed by atoms with van der Waals surface area (Å²) in [5.41, 5.74) is 5.20. The molecule has 0 radical (unpaired) electrons. The topological polar surface area (TPSA) is 112 Å². The summed E-state index contributed by atoms with van der Waals surface area (Å²) < 4.78 is 70.5. The summed E-state index contributed by atoms with van der Waals surface area (Å²) in [4.78, 5) is 23.1. The van der Waals surface area contributed by atoms with Gasteiger partial charge >= 0.3 is 6.18 Å². The average Bonchev–Trinajstić information content (AvgIpc) is 3.38. The van der Waals surface area contributed by atoms with Crippen LogP contribution in [0.3, 0.4) is 0 Å². The highest BCUT2D eigenvalue weighted by molar-refractivity contribution is 7.89. The number of carbonyl (C=O) groups is 1. The molecule has 1 saturated heterocycles. The molecule has 2 unspecified atom stereocenters. The van der Waals surface area contributed by atoms with E-state index in [1.165, 1.54) is 41.3 Å². The number of Topliss-reactive ketones (excluding diaryl/α,β-unsaturated/α-hetero) is 1. The fourth-order valence-corrected chi connectivity index (χ4v) is 6.25. The van der Waals surface area contributed by atoms with Gasteiger partial charge in [0.25, 0.3) is 0 Å². The number of allylic oxidation sites excluding steroid dienone is 2. The second kappa shape index (κ2) is 10.6. The van der Waals surface area contributed by atoms with E-state index < -0.39 is 40.1 Å². The van der Waals surface area contributed by atoms with Crippen molar-refractivity contribution in [3.63, 3.8) is 0 Å². The van der Waals surface area contributed by atoms with Gasteiger partial charge in [-0.2, -0.15) is 18.3 Å². The normalized spacial score (nSPS) is 22.7. The predicted octanol–water partition coefficient (Wildman–Crippen LogP) is 4.52. The third kappa shape index (κ3) is 5.31. The number of aliphatic imine (C=N–C) groups is 1. The molecule has 13 heteroatoms. The highest BCUT2D eigenvalue weighted by Crippen LogP contribution is 2.48. The Bertz CT molecular complexity index is 1530. The van der Waals surface area contributed by atoms with Crippen molar-refractivity contribution in [2.75, 3.05) is 13.1 Å². The number of hydrogen-bond acceptors (Lipinski definition) is 7. The van der Waals surface area contributed by atoms with E-state index in [0.29, 0.717) is 34.0 Å². The van der Waals surface area contributed by atoms with Crippen LogP contribution < -0.4 is 5.73 Å². The fraction of sp³-hybridized carbons (Fsp3) is 0.259. The van der Waals surface area contributed by atoms with Crippen LogP contribution in [0.25, 0.3) is 0 Å². The number of benzene rings is 1. The molecule has 2 N–H and O–H groups in total. The molecule has 2 aliphatic rings. The van der Waals surface area contributed by atoms with E-state index in [9.17, 15) is 26.9 Å². The van der Waals surface area contributed by atoms with E-state index in [-0.39, 0.29) is 25.1 Å². The quantitative estimate of drug-likeness (QED) is 0.274. The molecule has 1 aliphatic carbocycles. The zero-order valence-electron chi connectivity index (χ0n) is 21.2. The van der Waals surface area contributed by atoms with Crippen molar-refractivity contribution >= 4 is 28.5 Å². The molecule has 208 valence electrons. The van der Waals surface area contributed by atoms with Crippen LogP contribution in [-0.2, 0) is 24.6 Å². The number of fused-ring (bicyclic) bond motifs is 1. The molecular weight excluding hydrogens is 548 g/mol. The molecule has 0 bridgehead atoms. The first-order valence-electron chi connectivity index (χ1n) is 12.2. The number of halogens is 4. The van der Waals surface area contributed by atoms with Gasteiger partial charge in [0.1, 0.15) is 17.7 Å². The molecule has 0 saturated carbocycles. The second-order valence-electron chi connectivity index (χ2n) is 9.56. The Morgan fingerprint density at radius 1 is 1.25 bits per heavy atom. The van der Waals surface area contributed by atoms with Gasteiger partial charge in [-0.05, 0) is 67.1 Å². The van der Waals surface area contributed by atoms with Gasteiger partial charge in [0.15, 0.2) is 5.78 Å². The lowest BCUT2D eigenvalue weighted by Gasteiger charge is -2.45. The summed E-state index contributed by atoms with van der Waals surface area (Å²) in [5, 5.41) is 4.06. The minimum absolute atomic E-state index is 0.00708. The molecule has 5 rings (SSSR count). The monoisotopic (exact) mass is 572 g/mol. The summed E-state index contributed by atoms with van der Waals surface area (Å²) in [6.45, 7) is 0.252. The van der Waals surface area contributed by atoms with Crippen molar-refractivity contribution < 1.29 is 26.9 Å². The minimum Gasteiger partial charge on any atom is -0.593 e. The Morgan fingerprint density at radius 2 is 2.00 bits per heavy atom. The maximum atomic E-state index is 14.1. The zero-order valence-corrected chi connectivity index (χ0v) is 22.0. The highest BCUT2D eigenvalue weighted by Gasteiger charge is 2.52. The van der Waals surface area contributed by atoms with Crippen molar-refractivity contribution in [3.05, 3.63) is 95.5 Å². The Morgan fingerprint density at radius 3 is 2.65 bits per heavy atom. The smallest absolute Gasteiger partial charge is 0.416 e. The van der Waals surface area contributed by atoms with Crippen molar-refractivity contribution in [1.29, 1.82) is 0 Å². The van der Waals surface area contributed by atoms with Crippen LogP contribution in [0, 0.1) is 11.2 Å². The van der Waals surface area contributed by atoms with Crippen LogP contribution in [0.15, 0.2) is 88.3 Å². The van der Waals surface area contributed by atoms with E-state index in [1.54, 1.807) is 23.6 Å². The molecular formula is C27H24F4N6O2S. The predicted molar refractivity (Wildman–Crippen MR) is 140 cm³/mol. The van der Waals surface area contributed by atoms with Gasteiger partial charge in [-0.1, -0.05) is 5.57 Å². The summed E-state index contributed by atoms with van der Waals surface area (Å²) in [6.07, 6.45) is 2.62. The number of aryl methyl sites for hydroxylation is 1. The van der Waals surface area contributed by atoms with Crippen molar-refractivity contribution in [2.45, 2.75) is 23.9 Å². The van der Waals surface area contributed by atoms with E-state index in [0.717, 1.165) is 18.3 Å². The summed E-state index contributed by atoms with van der Waals surface area (Å²) >= 11 is -1.68. The Labute approximate surface area is 230 Å². The Kier molecular flexibility index (Phi) is 7.38. The zero-order chi connectivity index (χ0) is 28.7. The van der Waals surface area contributed by atoms with Gasteiger partial charge in [-0.3, -0.25) is 14.5 Å². The van der Waals surface area contributed by atoms with Crippen molar-refractivity contribution in [3.8, 4) is 0 Å². The third-order valence-corrected chi connectivity index (χ3v) is 8.37. The number of piperidine rings is 1. The van der Waals surface area contributed by atoms with Crippen molar-refractivity contribution in [2.24, 2.45) is 23.2 Å². The third-order valence-electron chi connectivity index (χ3n) is 6.97. The summed E-state index contributed by atoms with van der Waals surface area (Å²) in [6, 6.07) is 7.05. The van der Waals surface area contributed by atoms with Gasteiger partial charge in [0.05, 0.1) is 46.5 Å². The van der Waals surface area contributed by atoms with Gasteiger partial charge in [-0.15, -0.1) is 4.31 Å². The largest absolute Gasteiger partial charge is 0.593 e. The van der Waals surface area contributed by atoms with E-state index in [2.05, 4.69) is 15.1 Å². The Hall–Kier alpha value is -3.81. The number of rotatable bonds is 5.